The molecule has 0 unspecified atom stereocenters. The van der Waals surface area contributed by atoms with E-state index in [4.69, 9.17) is 17.3 Å². The summed E-state index contributed by atoms with van der Waals surface area (Å²) in [5, 5.41) is 0.382. The Balaban J connectivity index is 2.35. The Morgan fingerprint density at radius 3 is 2.32 bits per heavy atom. The summed E-state index contributed by atoms with van der Waals surface area (Å²) >= 11 is 6.02. The van der Waals surface area contributed by atoms with Gasteiger partial charge in [-0.25, -0.2) is 8.42 Å². The number of hydrogen-bond acceptors (Lipinski definition) is 4. The van der Waals surface area contributed by atoms with Crippen LogP contribution in [0.2, 0.25) is 5.02 Å². The second-order valence-corrected chi connectivity index (χ2v) is 7.17. The summed E-state index contributed by atoms with van der Waals surface area (Å²) in [6.07, 6.45) is 0. The van der Waals surface area contributed by atoms with E-state index in [0.29, 0.717) is 29.4 Å². The van der Waals surface area contributed by atoms with Gasteiger partial charge in [0.05, 0.1) is 4.90 Å². The van der Waals surface area contributed by atoms with Crippen molar-refractivity contribution in [1.82, 2.24) is 9.21 Å². The first-order valence-corrected chi connectivity index (χ1v) is 7.88. The molecule has 1 aromatic carbocycles. The topological polar surface area (TPSA) is 66.6 Å². The quantitative estimate of drug-likeness (QED) is 0.833. The highest BCUT2D eigenvalue weighted by atomic mass is 35.5. The zero-order chi connectivity index (χ0) is 14.2. The highest BCUT2D eigenvalue weighted by Gasteiger charge is 2.28. The molecule has 7 heteroatoms. The maximum absolute atomic E-state index is 12.5. The lowest BCUT2D eigenvalue weighted by molar-refractivity contribution is 0.222. The second-order valence-electron chi connectivity index (χ2n) is 4.83. The Kier molecular flexibility index (Phi) is 4.06. The maximum atomic E-state index is 12.5. The lowest BCUT2D eigenvalue weighted by Crippen LogP contribution is -2.47. The normalized spacial score (nSPS) is 18.7. The maximum Gasteiger partial charge on any atom is 0.243 e. The Morgan fingerprint density at radius 1 is 1.21 bits per heavy atom. The SMILES string of the molecule is Cc1c(N)cc(S(=O)(=O)N2CCN(C)CC2)cc1Cl. The highest BCUT2D eigenvalue weighted by molar-refractivity contribution is 7.89. The van der Waals surface area contributed by atoms with Crippen LogP contribution in [0.1, 0.15) is 5.56 Å². The molecule has 1 aliphatic heterocycles. The van der Waals surface area contributed by atoms with E-state index >= 15 is 0 Å². The van der Waals surface area contributed by atoms with Crippen LogP contribution in [0.4, 0.5) is 5.69 Å². The molecule has 0 atom stereocenters. The molecule has 0 bridgehead atoms. The first-order valence-electron chi connectivity index (χ1n) is 6.06. The molecule has 19 heavy (non-hydrogen) atoms. The fourth-order valence-corrected chi connectivity index (χ4v) is 3.78. The third-order valence-corrected chi connectivity index (χ3v) is 5.73. The van der Waals surface area contributed by atoms with E-state index < -0.39 is 10.0 Å². The summed E-state index contributed by atoms with van der Waals surface area (Å²) in [4.78, 5) is 2.27. The smallest absolute Gasteiger partial charge is 0.243 e. The zero-order valence-corrected chi connectivity index (χ0v) is 12.6. The van der Waals surface area contributed by atoms with Gasteiger partial charge in [-0.15, -0.1) is 0 Å². The average Bonchev–Trinajstić information content (AvgIpc) is 2.35. The van der Waals surface area contributed by atoms with Gasteiger partial charge >= 0.3 is 0 Å². The lowest BCUT2D eigenvalue weighted by atomic mass is 10.2. The summed E-state index contributed by atoms with van der Waals surface area (Å²) in [7, 11) is -1.53. The molecular weight excluding hydrogens is 286 g/mol. The van der Waals surface area contributed by atoms with Gasteiger partial charge in [0.15, 0.2) is 0 Å². The van der Waals surface area contributed by atoms with E-state index in [2.05, 4.69) is 4.90 Å². The Labute approximate surface area is 119 Å². The zero-order valence-electron chi connectivity index (χ0n) is 11.1. The monoisotopic (exact) mass is 303 g/mol. The van der Waals surface area contributed by atoms with Crippen molar-refractivity contribution in [3.05, 3.63) is 22.7 Å². The molecule has 0 aliphatic carbocycles. The minimum absolute atomic E-state index is 0.171. The van der Waals surface area contributed by atoms with Gasteiger partial charge in [0, 0.05) is 36.9 Å². The lowest BCUT2D eigenvalue weighted by Gasteiger charge is -2.31. The van der Waals surface area contributed by atoms with E-state index in [1.807, 2.05) is 7.05 Å². The number of rotatable bonds is 2. The minimum Gasteiger partial charge on any atom is -0.398 e. The van der Waals surface area contributed by atoms with Crippen LogP contribution in [0.5, 0.6) is 0 Å². The highest BCUT2D eigenvalue weighted by Crippen LogP contribution is 2.28. The number of halogens is 1. The number of piperazine rings is 1. The number of anilines is 1. The molecule has 0 amide bonds. The van der Waals surface area contributed by atoms with Crippen molar-refractivity contribution in [1.29, 1.82) is 0 Å². The largest absolute Gasteiger partial charge is 0.398 e. The van der Waals surface area contributed by atoms with E-state index in [1.165, 1.54) is 16.4 Å². The van der Waals surface area contributed by atoms with Gasteiger partial charge in [0.1, 0.15) is 0 Å². The van der Waals surface area contributed by atoms with Crippen LogP contribution < -0.4 is 5.73 Å². The number of likely N-dealkylation sites (N-methyl/N-ethyl adjacent to an activating group) is 1. The molecule has 0 spiro atoms. The number of hydrogen-bond donors (Lipinski definition) is 1. The molecule has 0 saturated carbocycles. The Hall–Kier alpha value is -0.820. The molecule has 1 fully saturated rings. The molecule has 106 valence electrons. The van der Waals surface area contributed by atoms with Crippen molar-refractivity contribution < 1.29 is 8.42 Å². The summed E-state index contributed by atoms with van der Waals surface area (Å²) in [6.45, 7) is 4.21. The van der Waals surface area contributed by atoms with Gasteiger partial charge in [0.25, 0.3) is 0 Å². The van der Waals surface area contributed by atoms with Crippen molar-refractivity contribution in [3.63, 3.8) is 0 Å². The number of benzene rings is 1. The van der Waals surface area contributed by atoms with Gasteiger partial charge in [-0.1, -0.05) is 11.6 Å². The molecular formula is C12H18ClN3O2S. The van der Waals surface area contributed by atoms with Crippen molar-refractivity contribution in [2.24, 2.45) is 0 Å². The van der Waals surface area contributed by atoms with Crippen LogP contribution in [0.25, 0.3) is 0 Å². The van der Waals surface area contributed by atoms with Crippen LogP contribution in [-0.2, 0) is 10.0 Å². The third kappa shape index (κ3) is 2.86. The van der Waals surface area contributed by atoms with Gasteiger partial charge in [-0.3, -0.25) is 0 Å². The van der Waals surface area contributed by atoms with Gasteiger partial charge in [-0.2, -0.15) is 4.31 Å². The van der Waals surface area contributed by atoms with Crippen molar-refractivity contribution in [3.8, 4) is 0 Å². The molecule has 1 heterocycles. The summed E-state index contributed by atoms with van der Waals surface area (Å²) in [5.41, 5.74) is 6.90. The van der Waals surface area contributed by atoms with Crippen LogP contribution in [-0.4, -0.2) is 50.8 Å². The number of sulfonamides is 1. The van der Waals surface area contributed by atoms with Crippen molar-refractivity contribution in [2.75, 3.05) is 39.0 Å². The molecule has 2 N–H and O–H groups in total. The van der Waals surface area contributed by atoms with Gasteiger partial charge < -0.3 is 10.6 Å². The van der Waals surface area contributed by atoms with Crippen LogP contribution >= 0.6 is 11.6 Å². The van der Waals surface area contributed by atoms with Gasteiger partial charge in [-0.05, 0) is 31.7 Å². The molecule has 0 aromatic heterocycles. The Bertz CT molecular complexity index is 558. The minimum atomic E-state index is -3.51. The standard InChI is InChI=1S/C12H18ClN3O2S/c1-9-11(13)7-10(8-12(9)14)19(17,18)16-5-3-15(2)4-6-16/h7-8H,3-6,14H2,1-2H3. The van der Waals surface area contributed by atoms with Crippen LogP contribution in [0.15, 0.2) is 17.0 Å². The number of nitrogens with two attached hydrogens (primary N) is 1. The summed E-state index contributed by atoms with van der Waals surface area (Å²) in [5.74, 6) is 0. The molecule has 5 nitrogen and oxygen atoms in total. The van der Waals surface area contributed by atoms with E-state index in [9.17, 15) is 8.42 Å². The van der Waals surface area contributed by atoms with E-state index in [0.717, 1.165) is 13.1 Å². The average molecular weight is 304 g/mol. The first-order chi connectivity index (χ1) is 8.82. The summed E-state index contributed by atoms with van der Waals surface area (Å²) in [6, 6.07) is 2.95. The predicted molar refractivity (Wildman–Crippen MR) is 76.9 cm³/mol. The van der Waals surface area contributed by atoms with E-state index in [1.54, 1.807) is 6.92 Å². The predicted octanol–water partition coefficient (Wildman–Crippen LogP) is 1.17. The molecule has 1 aliphatic rings. The van der Waals surface area contributed by atoms with Crippen molar-refractivity contribution in [2.45, 2.75) is 11.8 Å². The Morgan fingerprint density at radius 2 is 1.79 bits per heavy atom. The molecule has 1 aromatic rings. The number of nitrogens with zero attached hydrogens (tertiary/aromatic N) is 2. The van der Waals surface area contributed by atoms with Crippen LogP contribution in [0, 0.1) is 6.92 Å². The fraction of sp³-hybridized carbons (Fsp3) is 0.500. The second kappa shape index (κ2) is 5.28. The van der Waals surface area contributed by atoms with Crippen LogP contribution in [0.3, 0.4) is 0 Å². The third-order valence-electron chi connectivity index (χ3n) is 3.46. The van der Waals surface area contributed by atoms with Gasteiger partial charge in [0.2, 0.25) is 10.0 Å². The molecule has 0 radical (unpaired) electrons. The summed E-state index contributed by atoms with van der Waals surface area (Å²) < 4.78 is 26.5. The molecule has 1 saturated heterocycles. The first kappa shape index (κ1) is 14.6. The van der Waals surface area contributed by atoms with Crippen molar-refractivity contribution >= 4 is 27.3 Å². The number of nitrogen functional groups attached to an aromatic ring is 1. The molecule has 2 rings (SSSR count). The fourth-order valence-electron chi connectivity index (χ4n) is 2.00. The van der Waals surface area contributed by atoms with E-state index in [-0.39, 0.29) is 4.90 Å².